The molecule has 0 saturated carbocycles. The summed E-state index contributed by atoms with van der Waals surface area (Å²) in [5.41, 5.74) is 0.421. The molecule has 2 aromatic rings. The van der Waals surface area contributed by atoms with Crippen LogP contribution in [0.15, 0.2) is 48.5 Å². The van der Waals surface area contributed by atoms with Gasteiger partial charge < -0.3 is 19.0 Å². The van der Waals surface area contributed by atoms with Gasteiger partial charge in [0.1, 0.15) is 23.0 Å². The van der Waals surface area contributed by atoms with E-state index < -0.39 is 5.97 Å². The first kappa shape index (κ1) is 25.1. The van der Waals surface area contributed by atoms with E-state index in [0.717, 1.165) is 18.6 Å². The highest BCUT2D eigenvalue weighted by Gasteiger charge is 2.10. The molecule has 0 aliphatic carbocycles. The molecular formula is C26H32O6. The highest BCUT2D eigenvalue weighted by atomic mass is 16.5. The molecule has 0 radical (unpaired) electrons. The zero-order valence-electron chi connectivity index (χ0n) is 18.9. The van der Waals surface area contributed by atoms with Crippen molar-refractivity contribution in [3.8, 4) is 17.2 Å². The molecule has 6 nitrogen and oxygen atoms in total. The van der Waals surface area contributed by atoms with Crippen LogP contribution in [0.25, 0.3) is 0 Å². The van der Waals surface area contributed by atoms with Gasteiger partial charge in [-0.25, -0.2) is 4.79 Å². The van der Waals surface area contributed by atoms with Gasteiger partial charge in [-0.15, -0.1) is 0 Å². The SMILES string of the molecule is CCCCCCOc1ccc(C(=O)Oc2ccc(OC(=O)CCCCC(C)=O)cc2)cc1. The van der Waals surface area contributed by atoms with Crippen molar-refractivity contribution in [1.82, 2.24) is 0 Å². The minimum absolute atomic E-state index is 0.116. The molecule has 32 heavy (non-hydrogen) atoms. The van der Waals surface area contributed by atoms with Gasteiger partial charge in [-0.2, -0.15) is 0 Å². The molecule has 0 aliphatic rings. The lowest BCUT2D eigenvalue weighted by atomic mass is 10.1. The summed E-state index contributed by atoms with van der Waals surface area (Å²) in [4.78, 5) is 35.1. The predicted octanol–water partition coefficient (Wildman–Crippen LogP) is 5.92. The Kier molecular flexibility index (Phi) is 11.0. The van der Waals surface area contributed by atoms with Crippen LogP contribution < -0.4 is 14.2 Å². The Morgan fingerprint density at radius 1 is 0.688 bits per heavy atom. The molecule has 0 bridgehead atoms. The average Bonchev–Trinajstić information content (AvgIpc) is 2.78. The highest BCUT2D eigenvalue weighted by Crippen LogP contribution is 2.20. The molecular weight excluding hydrogens is 408 g/mol. The highest BCUT2D eigenvalue weighted by molar-refractivity contribution is 5.91. The average molecular weight is 441 g/mol. The van der Waals surface area contributed by atoms with E-state index in [2.05, 4.69) is 6.92 Å². The molecule has 0 saturated heterocycles. The summed E-state index contributed by atoms with van der Waals surface area (Å²) in [5.74, 6) is 0.742. The fraction of sp³-hybridized carbons (Fsp3) is 0.423. The van der Waals surface area contributed by atoms with Crippen molar-refractivity contribution in [2.24, 2.45) is 0 Å². The van der Waals surface area contributed by atoms with Crippen LogP contribution in [-0.4, -0.2) is 24.3 Å². The Morgan fingerprint density at radius 2 is 1.28 bits per heavy atom. The van der Waals surface area contributed by atoms with Gasteiger partial charge in [0, 0.05) is 12.8 Å². The van der Waals surface area contributed by atoms with Crippen LogP contribution in [0.2, 0.25) is 0 Å². The normalized spacial score (nSPS) is 10.4. The number of ether oxygens (including phenoxy) is 3. The third kappa shape index (κ3) is 9.77. The summed E-state index contributed by atoms with van der Waals surface area (Å²) in [6.45, 7) is 4.37. The van der Waals surface area contributed by atoms with Gasteiger partial charge in [-0.3, -0.25) is 4.79 Å². The Balaban J connectivity index is 1.76. The minimum atomic E-state index is -0.477. The fourth-order valence-electron chi connectivity index (χ4n) is 2.97. The Labute approximate surface area is 189 Å². The van der Waals surface area contributed by atoms with Gasteiger partial charge >= 0.3 is 11.9 Å². The molecule has 0 spiro atoms. The van der Waals surface area contributed by atoms with E-state index in [0.29, 0.717) is 42.9 Å². The number of carbonyl (C=O) groups is 3. The molecule has 0 N–H and O–H groups in total. The van der Waals surface area contributed by atoms with Crippen molar-refractivity contribution in [3.63, 3.8) is 0 Å². The first-order chi connectivity index (χ1) is 15.5. The minimum Gasteiger partial charge on any atom is -0.494 e. The lowest BCUT2D eigenvalue weighted by Gasteiger charge is -2.08. The van der Waals surface area contributed by atoms with E-state index in [1.165, 1.54) is 19.8 Å². The summed E-state index contributed by atoms with van der Waals surface area (Å²) in [6, 6.07) is 13.2. The first-order valence-corrected chi connectivity index (χ1v) is 11.2. The van der Waals surface area contributed by atoms with Gasteiger partial charge in [-0.05, 0) is 74.7 Å². The van der Waals surface area contributed by atoms with Crippen LogP contribution in [0.5, 0.6) is 17.2 Å². The number of hydrogen-bond acceptors (Lipinski definition) is 6. The summed E-state index contributed by atoms with van der Waals surface area (Å²) < 4.78 is 16.3. The number of carbonyl (C=O) groups excluding carboxylic acids is 3. The molecule has 0 amide bonds. The van der Waals surface area contributed by atoms with Crippen molar-refractivity contribution in [2.45, 2.75) is 65.2 Å². The second-order valence-electron chi connectivity index (χ2n) is 7.68. The quantitative estimate of drug-likeness (QED) is 0.206. The summed E-state index contributed by atoms with van der Waals surface area (Å²) in [5, 5.41) is 0. The number of unbranched alkanes of at least 4 members (excludes halogenated alkanes) is 4. The van der Waals surface area contributed by atoms with Crippen LogP contribution in [0.3, 0.4) is 0 Å². The lowest BCUT2D eigenvalue weighted by molar-refractivity contribution is -0.134. The molecule has 0 atom stereocenters. The third-order valence-corrected chi connectivity index (χ3v) is 4.78. The third-order valence-electron chi connectivity index (χ3n) is 4.78. The first-order valence-electron chi connectivity index (χ1n) is 11.2. The van der Waals surface area contributed by atoms with Gasteiger partial charge in [0.2, 0.25) is 0 Å². The smallest absolute Gasteiger partial charge is 0.343 e. The topological polar surface area (TPSA) is 78.9 Å². The van der Waals surface area contributed by atoms with Crippen LogP contribution in [-0.2, 0) is 9.59 Å². The number of benzene rings is 2. The maximum Gasteiger partial charge on any atom is 0.343 e. The van der Waals surface area contributed by atoms with Crippen molar-refractivity contribution in [2.75, 3.05) is 6.61 Å². The number of rotatable bonds is 14. The second kappa shape index (κ2) is 14.0. The van der Waals surface area contributed by atoms with Crippen molar-refractivity contribution in [3.05, 3.63) is 54.1 Å². The molecule has 0 fully saturated rings. The Hall–Kier alpha value is -3.15. The summed E-state index contributed by atoms with van der Waals surface area (Å²) in [6.07, 6.45) is 6.57. The Morgan fingerprint density at radius 3 is 1.91 bits per heavy atom. The van der Waals surface area contributed by atoms with E-state index in [4.69, 9.17) is 14.2 Å². The molecule has 0 aromatic heterocycles. The number of hydrogen-bond donors (Lipinski definition) is 0. The van der Waals surface area contributed by atoms with Crippen LogP contribution >= 0.6 is 0 Å². The maximum absolute atomic E-state index is 12.3. The van der Waals surface area contributed by atoms with Crippen LogP contribution in [0.1, 0.15) is 75.6 Å². The van der Waals surface area contributed by atoms with E-state index in [1.54, 1.807) is 48.5 Å². The van der Waals surface area contributed by atoms with E-state index >= 15 is 0 Å². The molecule has 2 aromatic carbocycles. The van der Waals surface area contributed by atoms with Gasteiger partial charge in [0.15, 0.2) is 0 Å². The van der Waals surface area contributed by atoms with Crippen LogP contribution in [0.4, 0.5) is 0 Å². The largest absolute Gasteiger partial charge is 0.494 e. The number of esters is 2. The molecule has 6 heteroatoms. The van der Waals surface area contributed by atoms with E-state index in [1.807, 2.05) is 0 Å². The van der Waals surface area contributed by atoms with Gasteiger partial charge in [0.05, 0.1) is 12.2 Å². The van der Waals surface area contributed by atoms with Crippen molar-refractivity contribution >= 4 is 17.7 Å². The molecule has 0 unspecified atom stereocenters. The monoisotopic (exact) mass is 440 g/mol. The standard InChI is InChI=1S/C26H32O6/c1-3-4-5-8-19-30-22-13-11-21(12-14-22)26(29)32-24-17-15-23(16-18-24)31-25(28)10-7-6-9-20(2)27/h11-18H,3-10,19H2,1-2H3. The zero-order chi connectivity index (χ0) is 23.2. The van der Waals surface area contributed by atoms with Gasteiger partial charge in [0.25, 0.3) is 0 Å². The lowest BCUT2D eigenvalue weighted by Crippen LogP contribution is -2.09. The Bertz CT molecular complexity index is 855. The molecule has 0 aliphatic heterocycles. The zero-order valence-corrected chi connectivity index (χ0v) is 18.9. The van der Waals surface area contributed by atoms with Gasteiger partial charge in [-0.1, -0.05) is 26.2 Å². The number of ketones is 1. The molecule has 2 rings (SSSR count). The molecule has 0 heterocycles. The number of Topliss-reactive ketones (excluding diaryl/α,β-unsaturated/α-hetero) is 1. The van der Waals surface area contributed by atoms with Crippen molar-refractivity contribution in [1.29, 1.82) is 0 Å². The van der Waals surface area contributed by atoms with Crippen LogP contribution in [0, 0.1) is 0 Å². The molecule has 172 valence electrons. The fourth-order valence-corrected chi connectivity index (χ4v) is 2.97. The summed E-state index contributed by atoms with van der Waals surface area (Å²) in [7, 11) is 0. The second-order valence-corrected chi connectivity index (χ2v) is 7.68. The predicted molar refractivity (Wildman–Crippen MR) is 122 cm³/mol. The van der Waals surface area contributed by atoms with Crippen molar-refractivity contribution < 1.29 is 28.6 Å². The maximum atomic E-state index is 12.3. The van der Waals surface area contributed by atoms with E-state index in [-0.39, 0.29) is 18.2 Å². The van der Waals surface area contributed by atoms with E-state index in [9.17, 15) is 14.4 Å². The summed E-state index contributed by atoms with van der Waals surface area (Å²) >= 11 is 0.